The van der Waals surface area contributed by atoms with Crippen LogP contribution in [0.2, 0.25) is 0 Å². The third kappa shape index (κ3) is 3.66. The van der Waals surface area contributed by atoms with E-state index in [1.807, 2.05) is 36.0 Å². The molecule has 1 atom stereocenters. The number of rotatable bonds is 6. The van der Waals surface area contributed by atoms with Crippen molar-refractivity contribution in [1.29, 1.82) is 0 Å². The molecule has 1 aliphatic heterocycles. The average Bonchev–Trinajstić information content (AvgIpc) is 3.05. The number of hydrogen-bond donors (Lipinski definition) is 1. The Morgan fingerprint density at radius 2 is 1.95 bits per heavy atom. The summed E-state index contributed by atoms with van der Waals surface area (Å²) in [5.41, 5.74) is 0.309. The Kier molecular flexibility index (Phi) is 4.31. The number of ether oxygens (including phenoxy) is 1. The van der Waals surface area contributed by atoms with Gasteiger partial charge in [-0.05, 0) is 31.9 Å². The number of nitrogens with one attached hydrogen (secondary N) is 1. The van der Waals surface area contributed by atoms with Gasteiger partial charge in [0.15, 0.2) is 0 Å². The molecule has 0 bridgehead atoms. The lowest BCUT2D eigenvalue weighted by molar-refractivity contribution is -0.124. The summed E-state index contributed by atoms with van der Waals surface area (Å²) in [5, 5.41) is 3.15. The zero-order valence-corrected chi connectivity index (χ0v) is 12.8. The van der Waals surface area contributed by atoms with Gasteiger partial charge in [-0.1, -0.05) is 0 Å². The fraction of sp³-hybridized carbons (Fsp3) is 0.688. The minimum absolute atomic E-state index is 0.111. The summed E-state index contributed by atoms with van der Waals surface area (Å²) in [6.45, 7) is 7.56. The van der Waals surface area contributed by atoms with Crippen LogP contribution in [0.4, 0.5) is 0 Å². The first-order chi connectivity index (χ1) is 10.2. The number of carbonyl (C=O) groups is 1. The molecule has 0 unspecified atom stereocenters. The minimum atomic E-state index is -0.140. The van der Waals surface area contributed by atoms with E-state index in [2.05, 4.69) is 10.2 Å². The van der Waals surface area contributed by atoms with Crippen LogP contribution in [-0.2, 0) is 9.53 Å². The molecule has 0 aromatic carbocycles. The highest BCUT2D eigenvalue weighted by atomic mass is 16.5. The van der Waals surface area contributed by atoms with Gasteiger partial charge in [0.25, 0.3) is 0 Å². The number of hydrogen-bond acceptors (Lipinski definition) is 3. The molecule has 116 valence electrons. The van der Waals surface area contributed by atoms with Crippen LogP contribution in [0.3, 0.4) is 0 Å². The molecular weight excluding hydrogens is 266 g/mol. The molecular formula is C16H25N3O2. The molecule has 1 saturated heterocycles. The second kappa shape index (κ2) is 6.20. The summed E-state index contributed by atoms with van der Waals surface area (Å²) >= 11 is 0. The first-order valence-corrected chi connectivity index (χ1v) is 7.89. The Balaban J connectivity index is 1.46. The summed E-state index contributed by atoms with van der Waals surface area (Å²) in [6, 6.07) is 3.76. The summed E-state index contributed by atoms with van der Waals surface area (Å²) in [4.78, 5) is 14.7. The van der Waals surface area contributed by atoms with Gasteiger partial charge in [-0.25, -0.2) is 0 Å². The molecule has 1 aromatic rings. The van der Waals surface area contributed by atoms with Crippen LogP contribution in [0.15, 0.2) is 24.5 Å². The van der Waals surface area contributed by atoms with Crippen molar-refractivity contribution in [3.8, 4) is 0 Å². The number of carbonyl (C=O) groups excluding carboxylic acids is 1. The van der Waals surface area contributed by atoms with Gasteiger partial charge in [0.05, 0.1) is 13.2 Å². The van der Waals surface area contributed by atoms with Crippen molar-refractivity contribution in [2.75, 3.05) is 39.4 Å². The van der Waals surface area contributed by atoms with E-state index in [0.717, 1.165) is 39.4 Å². The Morgan fingerprint density at radius 1 is 1.29 bits per heavy atom. The summed E-state index contributed by atoms with van der Waals surface area (Å²) in [6.07, 6.45) is 6.32. The Labute approximate surface area is 126 Å². The smallest absolute Gasteiger partial charge is 0.242 e. The van der Waals surface area contributed by atoms with E-state index in [0.29, 0.717) is 5.41 Å². The van der Waals surface area contributed by atoms with Crippen LogP contribution in [0.25, 0.3) is 0 Å². The van der Waals surface area contributed by atoms with Gasteiger partial charge in [0.2, 0.25) is 5.91 Å². The highest BCUT2D eigenvalue weighted by Crippen LogP contribution is 2.45. The van der Waals surface area contributed by atoms with E-state index in [-0.39, 0.29) is 11.9 Å². The maximum atomic E-state index is 12.2. The van der Waals surface area contributed by atoms with Crippen LogP contribution in [0.1, 0.15) is 25.8 Å². The molecule has 2 heterocycles. The maximum absolute atomic E-state index is 12.2. The molecule has 3 rings (SSSR count). The number of nitrogens with zero attached hydrogens (tertiary/aromatic N) is 2. The average molecular weight is 291 g/mol. The molecule has 2 fully saturated rings. The standard InChI is InChI=1S/C16H25N3O2/c1-14(19-6-2-3-7-19)15(20)17-12-16(4-5-16)13-18-8-10-21-11-9-18/h2-3,6-7,14H,4-5,8-13H2,1H3,(H,17,20)/t14-/m0/s1. The first kappa shape index (κ1) is 14.6. The highest BCUT2D eigenvalue weighted by molar-refractivity contribution is 5.79. The van der Waals surface area contributed by atoms with Crippen molar-refractivity contribution in [3.05, 3.63) is 24.5 Å². The van der Waals surface area contributed by atoms with Crippen molar-refractivity contribution in [2.24, 2.45) is 5.41 Å². The summed E-state index contributed by atoms with van der Waals surface area (Å²) < 4.78 is 7.33. The van der Waals surface area contributed by atoms with E-state index in [1.165, 1.54) is 12.8 Å². The van der Waals surface area contributed by atoms with E-state index in [1.54, 1.807) is 0 Å². The Morgan fingerprint density at radius 3 is 2.57 bits per heavy atom. The van der Waals surface area contributed by atoms with Crippen LogP contribution >= 0.6 is 0 Å². The van der Waals surface area contributed by atoms with Gasteiger partial charge in [-0.3, -0.25) is 9.69 Å². The second-order valence-corrected chi connectivity index (χ2v) is 6.41. The first-order valence-electron chi connectivity index (χ1n) is 7.89. The van der Waals surface area contributed by atoms with Gasteiger partial charge in [-0.2, -0.15) is 0 Å². The molecule has 1 N–H and O–H groups in total. The van der Waals surface area contributed by atoms with E-state index < -0.39 is 0 Å². The largest absolute Gasteiger partial charge is 0.379 e. The SMILES string of the molecule is C[C@@H](C(=O)NCC1(CN2CCOCC2)CC1)n1cccc1. The van der Waals surface area contributed by atoms with Gasteiger partial charge in [0.1, 0.15) is 6.04 Å². The van der Waals surface area contributed by atoms with Crippen molar-refractivity contribution >= 4 is 5.91 Å². The van der Waals surface area contributed by atoms with Crippen molar-refractivity contribution in [2.45, 2.75) is 25.8 Å². The molecule has 1 saturated carbocycles. The van der Waals surface area contributed by atoms with E-state index in [9.17, 15) is 4.79 Å². The van der Waals surface area contributed by atoms with Crippen molar-refractivity contribution in [1.82, 2.24) is 14.8 Å². The third-order valence-corrected chi connectivity index (χ3v) is 4.71. The lowest BCUT2D eigenvalue weighted by Crippen LogP contribution is -2.43. The number of morpholine rings is 1. The molecule has 1 aliphatic carbocycles. The zero-order chi connectivity index (χ0) is 14.7. The van der Waals surface area contributed by atoms with Crippen LogP contribution in [0.5, 0.6) is 0 Å². The molecule has 1 aromatic heterocycles. The maximum Gasteiger partial charge on any atom is 0.242 e. The van der Waals surface area contributed by atoms with Crippen molar-refractivity contribution in [3.63, 3.8) is 0 Å². The Bertz CT molecular complexity index is 462. The van der Waals surface area contributed by atoms with Crippen LogP contribution in [0, 0.1) is 5.41 Å². The topological polar surface area (TPSA) is 46.5 Å². The minimum Gasteiger partial charge on any atom is -0.379 e. The quantitative estimate of drug-likeness (QED) is 0.859. The lowest BCUT2D eigenvalue weighted by atomic mass is 10.1. The van der Waals surface area contributed by atoms with E-state index in [4.69, 9.17) is 4.74 Å². The molecule has 5 heteroatoms. The second-order valence-electron chi connectivity index (χ2n) is 6.41. The van der Waals surface area contributed by atoms with Gasteiger partial charge in [0, 0.05) is 44.0 Å². The molecule has 1 amide bonds. The monoisotopic (exact) mass is 291 g/mol. The normalized spacial score (nSPS) is 22.7. The zero-order valence-electron chi connectivity index (χ0n) is 12.8. The van der Waals surface area contributed by atoms with Gasteiger partial charge in [-0.15, -0.1) is 0 Å². The van der Waals surface area contributed by atoms with Crippen molar-refractivity contribution < 1.29 is 9.53 Å². The molecule has 5 nitrogen and oxygen atoms in total. The number of aromatic nitrogens is 1. The third-order valence-electron chi connectivity index (χ3n) is 4.71. The predicted molar refractivity (Wildman–Crippen MR) is 81.1 cm³/mol. The Hall–Kier alpha value is -1.33. The predicted octanol–water partition coefficient (Wildman–Crippen LogP) is 1.28. The summed E-state index contributed by atoms with van der Waals surface area (Å²) in [7, 11) is 0. The fourth-order valence-electron chi connectivity index (χ4n) is 2.96. The fourth-order valence-corrected chi connectivity index (χ4v) is 2.96. The lowest BCUT2D eigenvalue weighted by Gasteiger charge is -2.30. The van der Waals surface area contributed by atoms with Crippen LogP contribution < -0.4 is 5.32 Å². The molecule has 0 spiro atoms. The molecule has 21 heavy (non-hydrogen) atoms. The van der Waals surface area contributed by atoms with Gasteiger partial charge < -0.3 is 14.6 Å². The molecule has 2 aliphatic rings. The van der Waals surface area contributed by atoms with Crippen LogP contribution in [-0.4, -0.2) is 54.8 Å². The van der Waals surface area contributed by atoms with E-state index >= 15 is 0 Å². The van der Waals surface area contributed by atoms with Gasteiger partial charge >= 0.3 is 0 Å². The summed E-state index contributed by atoms with van der Waals surface area (Å²) in [5.74, 6) is 0.111. The molecule has 0 radical (unpaired) electrons. The highest BCUT2D eigenvalue weighted by Gasteiger charge is 2.44. The number of amides is 1.